The summed E-state index contributed by atoms with van der Waals surface area (Å²) in [5.74, 6) is 0.909. The van der Waals surface area contributed by atoms with Crippen LogP contribution in [0.5, 0.6) is 5.75 Å². The minimum absolute atomic E-state index is 0.0841. The fourth-order valence-electron chi connectivity index (χ4n) is 2.87. The molecule has 0 fully saturated rings. The second-order valence-corrected chi connectivity index (χ2v) is 5.73. The summed E-state index contributed by atoms with van der Waals surface area (Å²) in [7, 11) is 0. The third-order valence-electron chi connectivity index (χ3n) is 4.32. The summed E-state index contributed by atoms with van der Waals surface area (Å²) in [6.45, 7) is 7.43. The van der Waals surface area contributed by atoms with Gasteiger partial charge in [0.1, 0.15) is 5.75 Å². The Balaban J connectivity index is 2.39. The van der Waals surface area contributed by atoms with Gasteiger partial charge in [0.05, 0.1) is 5.69 Å². The number of unbranched alkanes of at least 4 members (excludes halogenated alkanes) is 1. The van der Waals surface area contributed by atoms with Gasteiger partial charge in [-0.1, -0.05) is 19.9 Å². The SMILES string of the molecule is CCC1(CC)Oc2cc(C)ccc2N(CCCCN)C1=O. The maximum atomic E-state index is 12.9. The van der Waals surface area contributed by atoms with Gasteiger partial charge >= 0.3 is 0 Å². The van der Waals surface area contributed by atoms with Gasteiger partial charge in [0.2, 0.25) is 0 Å². The second-order valence-electron chi connectivity index (χ2n) is 5.73. The lowest BCUT2D eigenvalue weighted by Crippen LogP contribution is -2.55. The van der Waals surface area contributed by atoms with E-state index in [0.29, 0.717) is 25.9 Å². The quantitative estimate of drug-likeness (QED) is 0.819. The van der Waals surface area contributed by atoms with Gasteiger partial charge in [0, 0.05) is 6.54 Å². The molecule has 2 rings (SSSR count). The van der Waals surface area contributed by atoms with Crippen LogP contribution in [0.15, 0.2) is 18.2 Å². The zero-order chi connectivity index (χ0) is 15.5. The molecule has 0 radical (unpaired) electrons. The first-order chi connectivity index (χ1) is 10.1. The van der Waals surface area contributed by atoms with E-state index in [9.17, 15) is 4.79 Å². The largest absolute Gasteiger partial charge is 0.475 e. The molecule has 2 N–H and O–H groups in total. The van der Waals surface area contributed by atoms with Crippen LogP contribution in [-0.4, -0.2) is 24.6 Å². The molecule has 1 aliphatic heterocycles. The van der Waals surface area contributed by atoms with E-state index in [1.54, 1.807) is 0 Å². The van der Waals surface area contributed by atoms with Crippen LogP contribution in [-0.2, 0) is 4.79 Å². The lowest BCUT2D eigenvalue weighted by atomic mass is 9.92. The van der Waals surface area contributed by atoms with Crippen molar-refractivity contribution in [2.45, 2.75) is 52.1 Å². The first-order valence-electron chi connectivity index (χ1n) is 7.89. The van der Waals surface area contributed by atoms with Crippen molar-refractivity contribution in [3.8, 4) is 5.75 Å². The number of carbonyl (C=O) groups is 1. The van der Waals surface area contributed by atoms with Crippen LogP contribution < -0.4 is 15.4 Å². The lowest BCUT2D eigenvalue weighted by Gasteiger charge is -2.42. The topological polar surface area (TPSA) is 55.6 Å². The minimum Gasteiger partial charge on any atom is -0.475 e. The van der Waals surface area contributed by atoms with Crippen molar-refractivity contribution in [2.24, 2.45) is 5.73 Å². The van der Waals surface area contributed by atoms with Crippen LogP contribution in [0.2, 0.25) is 0 Å². The predicted molar refractivity (Wildman–Crippen MR) is 85.8 cm³/mol. The first-order valence-corrected chi connectivity index (χ1v) is 7.89. The van der Waals surface area contributed by atoms with Gasteiger partial charge in [-0.15, -0.1) is 0 Å². The number of hydrogen-bond acceptors (Lipinski definition) is 3. The van der Waals surface area contributed by atoms with Gasteiger partial charge in [0.15, 0.2) is 5.60 Å². The molecule has 0 bridgehead atoms. The Kier molecular flexibility index (Phi) is 4.88. The lowest BCUT2D eigenvalue weighted by molar-refractivity contribution is -0.136. The van der Waals surface area contributed by atoms with Crippen molar-refractivity contribution in [3.63, 3.8) is 0 Å². The van der Waals surface area contributed by atoms with Crippen LogP contribution in [0.25, 0.3) is 0 Å². The highest BCUT2D eigenvalue weighted by Crippen LogP contribution is 2.41. The zero-order valence-electron chi connectivity index (χ0n) is 13.3. The van der Waals surface area contributed by atoms with E-state index in [1.807, 2.05) is 43.9 Å². The van der Waals surface area contributed by atoms with E-state index in [0.717, 1.165) is 29.8 Å². The Morgan fingerprint density at radius 2 is 1.95 bits per heavy atom. The Bertz CT molecular complexity index is 510. The standard InChI is InChI=1S/C17H26N2O2/c1-4-17(5-2)16(20)19(11-7-6-10-18)14-9-8-13(3)12-15(14)21-17/h8-9,12H,4-7,10-11,18H2,1-3H3. The van der Waals surface area contributed by atoms with Gasteiger partial charge in [0.25, 0.3) is 5.91 Å². The van der Waals surface area contributed by atoms with E-state index in [-0.39, 0.29) is 5.91 Å². The number of rotatable bonds is 6. The molecule has 0 aliphatic carbocycles. The Morgan fingerprint density at radius 1 is 1.24 bits per heavy atom. The molecule has 1 aromatic rings. The molecule has 1 aromatic carbocycles. The van der Waals surface area contributed by atoms with Crippen LogP contribution in [0, 0.1) is 6.92 Å². The molecule has 4 nitrogen and oxygen atoms in total. The molecule has 0 aromatic heterocycles. The maximum absolute atomic E-state index is 12.9. The summed E-state index contributed by atoms with van der Waals surface area (Å²) < 4.78 is 6.13. The molecule has 116 valence electrons. The summed E-state index contributed by atoms with van der Waals surface area (Å²) in [4.78, 5) is 14.8. The first kappa shape index (κ1) is 15.8. The number of aryl methyl sites for hydroxylation is 1. The molecular weight excluding hydrogens is 264 g/mol. The fraction of sp³-hybridized carbons (Fsp3) is 0.588. The van der Waals surface area contributed by atoms with Crippen molar-refractivity contribution in [1.29, 1.82) is 0 Å². The molecule has 1 amide bonds. The number of fused-ring (bicyclic) bond motifs is 1. The summed E-state index contributed by atoms with van der Waals surface area (Å²) in [5.41, 5.74) is 6.89. The second kappa shape index (κ2) is 6.48. The van der Waals surface area contributed by atoms with E-state index in [4.69, 9.17) is 10.5 Å². The number of amides is 1. The summed E-state index contributed by atoms with van der Waals surface area (Å²) in [6.07, 6.45) is 3.21. The molecule has 0 atom stereocenters. The average molecular weight is 290 g/mol. The number of benzene rings is 1. The highest BCUT2D eigenvalue weighted by molar-refractivity contribution is 6.02. The van der Waals surface area contributed by atoms with E-state index in [1.165, 1.54) is 0 Å². The third-order valence-corrected chi connectivity index (χ3v) is 4.32. The number of nitrogens with zero attached hydrogens (tertiary/aromatic N) is 1. The van der Waals surface area contributed by atoms with E-state index >= 15 is 0 Å². The molecule has 0 unspecified atom stereocenters. The van der Waals surface area contributed by atoms with Crippen LogP contribution in [0.1, 0.15) is 45.1 Å². The predicted octanol–water partition coefficient (Wildman–Crippen LogP) is 3.02. The highest BCUT2D eigenvalue weighted by Gasteiger charge is 2.45. The molecule has 0 saturated carbocycles. The van der Waals surface area contributed by atoms with Crippen molar-refractivity contribution >= 4 is 11.6 Å². The molecule has 21 heavy (non-hydrogen) atoms. The average Bonchev–Trinajstić information content (AvgIpc) is 2.49. The number of carbonyl (C=O) groups excluding carboxylic acids is 1. The van der Waals surface area contributed by atoms with E-state index in [2.05, 4.69) is 0 Å². The minimum atomic E-state index is -0.719. The van der Waals surface area contributed by atoms with Gasteiger partial charge in [-0.05, 0) is 56.8 Å². The van der Waals surface area contributed by atoms with Gasteiger partial charge in [-0.2, -0.15) is 0 Å². The molecule has 0 spiro atoms. The van der Waals surface area contributed by atoms with Gasteiger partial charge < -0.3 is 15.4 Å². The third kappa shape index (κ3) is 2.91. The summed E-state index contributed by atoms with van der Waals surface area (Å²) in [5, 5.41) is 0. The molecule has 0 saturated heterocycles. The van der Waals surface area contributed by atoms with Gasteiger partial charge in [-0.3, -0.25) is 4.79 Å². The van der Waals surface area contributed by atoms with Gasteiger partial charge in [-0.25, -0.2) is 0 Å². The Morgan fingerprint density at radius 3 is 2.57 bits per heavy atom. The van der Waals surface area contributed by atoms with Crippen LogP contribution >= 0.6 is 0 Å². The van der Waals surface area contributed by atoms with Crippen molar-refractivity contribution in [3.05, 3.63) is 23.8 Å². The zero-order valence-corrected chi connectivity index (χ0v) is 13.3. The van der Waals surface area contributed by atoms with Crippen molar-refractivity contribution < 1.29 is 9.53 Å². The van der Waals surface area contributed by atoms with Crippen molar-refractivity contribution in [1.82, 2.24) is 0 Å². The number of hydrogen-bond donors (Lipinski definition) is 1. The molecule has 1 aliphatic rings. The number of anilines is 1. The van der Waals surface area contributed by atoms with Crippen LogP contribution in [0.3, 0.4) is 0 Å². The molecule has 1 heterocycles. The molecular formula is C17H26N2O2. The summed E-state index contributed by atoms with van der Waals surface area (Å²) in [6, 6.07) is 6.04. The number of nitrogens with two attached hydrogens (primary N) is 1. The summed E-state index contributed by atoms with van der Waals surface area (Å²) >= 11 is 0. The molecule has 4 heteroatoms. The van der Waals surface area contributed by atoms with Crippen molar-refractivity contribution in [2.75, 3.05) is 18.0 Å². The fourth-order valence-corrected chi connectivity index (χ4v) is 2.87. The Hall–Kier alpha value is -1.55. The monoisotopic (exact) mass is 290 g/mol. The van der Waals surface area contributed by atoms with Crippen LogP contribution in [0.4, 0.5) is 5.69 Å². The highest BCUT2D eigenvalue weighted by atomic mass is 16.5. The van der Waals surface area contributed by atoms with E-state index < -0.39 is 5.60 Å². The Labute approximate surface area is 127 Å². The smallest absolute Gasteiger partial charge is 0.271 e. The normalized spacial score (nSPS) is 16.6. The number of ether oxygens (including phenoxy) is 1. The maximum Gasteiger partial charge on any atom is 0.271 e.